The second-order valence-electron chi connectivity index (χ2n) is 3.07. The Kier molecular flexibility index (Phi) is 2.55. The molecule has 13 heavy (non-hydrogen) atoms. The largest absolute Gasteiger partial charge is 0.144 e. The molecule has 0 amide bonds. The van der Waals surface area contributed by atoms with Crippen LogP contribution in [0.25, 0.3) is 6.08 Å². The topological polar surface area (TPSA) is 0 Å². The molecule has 2 unspecified atom stereocenters. The second-order valence-corrected chi connectivity index (χ2v) is 4.43. The summed E-state index contributed by atoms with van der Waals surface area (Å²) in [6.07, 6.45) is 6.46. The zero-order chi connectivity index (χ0) is 9.10. The molecule has 0 N–H and O–H groups in total. The first-order valence-corrected chi connectivity index (χ1v) is 5.36. The molecule has 2 atom stereocenters. The summed E-state index contributed by atoms with van der Waals surface area (Å²) in [6.45, 7) is 3.77. The van der Waals surface area contributed by atoms with Crippen LogP contribution in [0.5, 0.6) is 0 Å². The molecule has 0 saturated carbocycles. The van der Waals surface area contributed by atoms with E-state index in [1.807, 2.05) is 23.9 Å². The molecule has 0 bridgehead atoms. The second kappa shape index (κ2) is 3.84. The average Bonchev–Trinajstić information content (AvgIpc) is 2.95. The van der Waals surface area contributed by atoms with Crippen LogP contribution in [0.2, 0.25) is 0 Å². The molecule has 1 aromatic rings. The summed E-state index contributed by atoms with van der Waals surface area (Å²) in [6, 6.07) is 10.4. The van der Waals surface area contributed by atoms with Crippen molar-refractivity contribution in [2.45, 2.75) is 10.5 Å². The highest BCUT2D eigenvalue weighted by Gasteiger charge is 2.32. The van der Waals surface area contributed by atoms with E-state index in [0.717, 1.165) is 0 Å². The van der Waals surface area contributed by atoms with Gasteiger partial charge in [-0.3, -0.25) is 0 Å². The maximum atomic E-state index is 3.77. The van der Waals surface area contributed by atoms with Crippen molar-refractivity contribution in [2.75, 3.05) is 0 Å². The summed E-state index contributed by atoms with van der Waals surface area (Å²) in [4.78, 5) is 0. The van der Waals surface area contributed by atoms with Crippen LogP contribution in [0.15, 0.2) is 49.1 Å². The van der Waals surface area contributed by atoms with E-state index in [-0.39, 0.29) is 0 Å². The van der Waals surface area contributed by atoms with Crippen molar-refractivity contribution in [1.29, 1.82) is 0 Å². The molecule has 1 heteroatoms. The summed E-state index contributed by atoms with van der Waals surface area (Å²) in [7, 11) is 0. The molecule has 0 aliphatic carbocycles. The van der Waals surface area contributed by atoms with Crippen molar-refractivity contribution in [2.24, 2.45) is 0 Å². The lowest BCUT2D eigenvalue weighted by molar-refractivity contribution is 1.24. The predicted molar refractivity (Wildman–Crippen MR) is 60.8 cm³/mol. The van der Waals surface area contributed by atoms with Crippen LogP contribution in [0, 0.1) is 0 Å². The Morgan fingerprint density at radius 1 is 1.15 bits per heavy atom. The van der Waals surface area contributed by atoms with E-state index in [2.05, 4.69) is 43.0 Å². The van der Waals surface area contributed by atoms with E-state index >= 15 is 0 Å². The highest BCUT2D eigenvalue weighted by atomic mass is 32.2. The van der Waals surface area contributed by atoms with Gasteiger partial charge in [-0.15, -0.1) is 18.3 Å². The molecule has 0 nitrogen and oxygen atoms in total. The third kappa shape index (κ3) is 2.25. The maximum absolute atomic E-state index is 3.77. The van der Waals surface area contributed by atoms with Gasteiger partial charge in [0.05, 0.1) is 0 Å². The van der Waals surface area contributed by atoms with Gasteiger partial charge in [0.15, 0.2) is 0 Å². The van der Waals surface area contributed by atoms with Gasteiger partial charge in [0.2, 0.25) is 0 Å². The molecule has 0 aromatic heterocycles. The van der Waals surface area contributed by atoms with Gasteiger partial charge in [-0.2, -0.15) is 0 Å². The number of thioether (sulfide) groups is 1. The van der Waals surface area contributed by atoms with Crippen LogP contribution in [0.4, 0.5) is 0 Å². The van der Waals surface area contributed by atoms with Crippen molar-refractivity contribution < 1.29 is 0 Å². The van der Waals surface area contributed by atoms with Crippen LogP contribution in [-0.2, 0) is 0 Å². The molecule has 1 aliphatic rings. The molecule has 1 aromatic carbocycles. The van der Waals surface area contributed by atoms with Gasteiger partial charge < -0.3 is 0 Å². The molecule has 1 fully saturated rings. The molecule has 1 saturated heterocycles. The Balaban J connectivity index is 1.96. The van der Waals surface area contributed by atoms with Crippen LogP contribution in [0.3, 0.4) is 0 Å². The van der Waals surface area contributed by atoms with Gasteiger partial charge in [-0.05, 0) is 5.56 Å². The summed E-state index contributed by atoms with van der Waals surface area (Å²) in [5.74, 6) is 0. The molecule has 0 spiro atoms. The molecular weight excluding hydrogens is 176 g/mol. The molecule has 2 rings (SSSR count). The van der Waals surface area contributed by atoms with E-state index in [9.17, 15) is 0 Å². The van der Waals surface area contributed by atoms with Crippen LogP contribution in [0.1, 0.15) is 5.56 Å². The molecule has 66 valence electrons. The van der Waals surface area contributed by atoms with Crippen LogP contribution >= 0.6 is 11.8 Å². The lowest BCUT2D eigenvalue weighted by Gasteiger charge is -1.89. The number of rotatable bonds is 3. The lowest BCUT2D eigenvalue weighted by Crippen LogP contribution is -1.82. The van der Waals surface area contributed by atoms with Crippen molar-refractivity contribution in [1.82, 2.24) is 0 Å². The van der Waals surface area contributed by atoms with E-state index in [1.165, 1.54) is 5.56 Å². The smallest absolute Gasteiger partial charge is 0.0391 e. The van der Waals surface area contributed by atoms with Crippen molar-refractivity contribution >= 4 is 17.8 Å². The first-order chi connectivity index (χ1) is 6.40. The SMILES string of the molecule is C=CC1SC1/C=C/c1ccccc1. The number of benzene rings is 1. The van der Waals surface area contributed by atoms with Gasteiger partial charge in [0.25, 0.3) is 0 Å². The third-order valence-corrected chi connectivity index (χ3v) is 3.32. The standard InChI is InChI=1S/C12H12S/c1-2-11-12(13-11)9-8-10-6-4-3-5-7-10/h2-9,11-12H,1H2/b9-8+. The van der Waals surface area contributed by atoms with Crippen molar-refractivity contribution in [3.05, 3.63) is 54.6 Å². The van der Waals surface area contributed by atoms with Gasteiger partial charge in [0, 0.05) is 10.5 Å². The van der Waals surface area contributed by atoms with Gasteiger partial charge in [-0.25, -0.2) is 0 Å². The summed E-state index contributed by atoms with van der Waals surface area (Å²) in [5, 5.41) is 1.32. The normalized spacial score (nSPS) is 26.2. The lowest BCUT2D eigenvalue weighted by atomic mass is 10.2. The minimum absolute atomic E-state index is 0.653. The van der Waals surface area contributed by atoms with Gasteiger partial charge in [-0.1, -0.05) is 48.6 Å². The van der Waals surface area contributed by atoms with E-state index in [1.54, 1.807) is 0 Å². The Labute approximate surface area is 83.4 Å². The van der Waals surface area contributed by atoms with Crippen LogP contribution < -0.4 is 0 Å². The van der Waals surface area contributed by atoms with Crippen molar-refractivity contribution in [3.8, 4) is 0 Å². The first kappa shape index (κ1) is 8.64. The summed E-state index contributed by atoms with van der Waals surface area (Å²) >= 11 is 1.95. The highest BCUT2D eigenvalue weighted by molar-refractivity contribution is 8.08. The number of hydrogen-bond acceptors (Lipinski definition) is 1. The highest BCUT2D eigenvalue weighted by Crippen LogP contribution is 2.43. The molecule has 0 radical (unpaired) electrons. The minimum atomic E-state index is 0.653. The Hall–Kier alpha value is -0.950. The molecule has 1 aliphatic heterocycles. The van der Waals surface area contributed by atoms with Crippen LogP contribution in [-0.4, -0.2) is 10.5 Å². The monoisotopic (exact) mass is 188 g/mol. The summed E-state index contributed by atoms with van der Waals surface area (Å²) in [5.41, 5.74) is 1.28. The van der Waals surface area contributed by atoms with E-state index in [0.29, 0.717) is 10.5 Å². The average molecular weight is 188 g/mol. The molecular formula is C12H12S. The fourth-order valence-corrected chi connectivity index (χ4v) is 2.01. The maximum Gasteiger partial charge on any atom is 0.0391 e. The third-order valence-electron chi connectivity index (χ3n) is 2.07. The Morgan fingerprint density at radius 3 is 2.54 bits per heavy atom. The quantitative estimate of drug-likeness (QED) is 0.517. The fourth-order valence-electron chi connectivity index (χ4n) is 1.25. The fraction of sp³-hybridized carbons (Fsp3) is 0.167. The number of hydrogen-bond donors (Lipinski definition) is 0. The van der Waals surface area contributed by atoms with Crippen molar-refractivity contribution in [3.63, 3.8) is 0 Å². The zero-order valence-corrected chi connectivity index (χ0v) is 8.21. The van der Waals surface area contributed by atoms with E-state index in [4.69, 9.17) is 0 Å². The Bertz CT molecular complexity index is 313. The van der Waals surface area contributed by atoms with Gasteiger partial charge in [0.1, 0.15) is 0 Å². The summed E-state index contributed by atoms with van der Waals surface area (Å²) < 4.78 is 0. The van der Waals surface area contributed by atoms with E-state index < -0.39 is 0 Å². The minimum Gasteiger partial charge on any atom is -0.144 e. The van der Waals surface area contributed by atoms with Gasteiger partial charge >= 0.3 is 0 Å². The predicted octanol–water partition coefficient (Wildman–Crippen LogP) is 3.37. The Morgan fingerprint density at radius 2 is 1.92 bits per heavy atom. The zero-order valence-electron chi connectivity index (χ0n) is 7.39. The molecule has 1 heterocycles. The first-order valence-electron chi connectivity index (χ1n) is 4.41.